The van der Waals surface area contributed by atoms with Crippen molar-refractivity contribution in [3.63, 3.8) is 0 Å². The predicted molar refractivity (Wildman–Crippen MR) is 74.1 cm³/mol. The summed E-state index contributed by atoms with van der Waals surface area (Å²) in [6.45, 7) is 1.60. The fourth-order valence-corrected chi connectivity index (χ4v) is 1.97. The molecule has 2 N–H and O–H groups in total. The number of hydrogen-bond donors (Lipinski definition) is 2. The molecule has 2 aromatic rings. The molecule has 0 fully saturated rings. The minimum Gasteiger partial charge on any atom is -0.469 e. The molecule has 0 bridgehead atoms. The van der Waals surface area contributed by atoms with Crippen LogP contribution in [0.1, 0.15) is 27.7 Å². The molecule has 5 nitrogen and oxygen atoms in total. The maximum atomic E-state index is 13.3. The van der Waals surface area contributed by atoms with E-state index in [-0.39, 0.29) is 11.1 Å². The van der Waals surface area contributed by atoms with Crippen molar-refractivity contribution in [1.82, 2.24) is 10.6 Å². The van der Waals surface area contributed by atoms with E-state index < -0.39 is 29.5 Å². The number of furan rings is 1. The van der Waals surface area contributed by atoms with Gasteiger partial charge in [0.25, 0.3) is 5.91 Å². The van der Waals surface area contributed by atoms with Gasteiger partial charge in [0.05, 0.1) is 11.8 Å². The normalized spacial score (nSPS) is 11.8. The lowest BCUT2D eigenvalue weighted by molar-refractivity contribution is -0.122. The highest BCUT2D eigenvalue weighted by molar-refractivity contribution is 5.98. The van der Waals surface area contributed by atoms with E-state index in [1.165, 1.54) is 25.4 Å². The van der Waals surface area contributed by atoms with Crippen molar-refractivity contribution in [2.75, 3.05) is 7.05 Å². The van der Waals surface area contributed by atoms with Crippen molar-refractivity contribution in [3.05, 3.63) is 59.1 Å². The number of likely N-dealkylation sites (N-methyl/N-ethyl adjacent to an activating group) is 1. The van der Waals surface area contributed by atoms with E-state index in [1.807, 2.05) is 0 Å². The van der Waals surface area contributed by atoms with Crippen LogP contribution in [-0.2, 0) is 4.79 Å². The van der Waals surface area contributed by atoms with Gasteiger partial charge in [-0.25, -0.2) is 8.78 Å². The molecule has 0 aliphatic carbocycles. The van der Waals surface area contributed by atoms with Crippen molar-refractivity contribution in [1.29, 1.82) is 0 Å². The number of hydrogen-bond acceptors (Lipinski definition) is 3. The number of benzene rings is 1. The summed E-state index contributed by atoms with van der Waals surface area (Å²) in [5.41, 5.74) is 0.393. The molecule has 0 saturated carbocycles. The standard InChI is InChI=1S/C15H14F2N2O3/c1-8-10(5-6-22-8)14(20)19-13(15(21)18-2)9-3-4-11(16)12(17)7-9/h3-7,13H,1-2H3,(H,18,21)(H,19,20). The quantitative estimate of drug-likeness (QED) is 0.908. The molecule has 0 radical (unpaired) electrons. The molecule has 1 atom stereocenters. The second-order valence-electron chi connectivity index (χ2n) is 4.58. The predicted octanol–water partition coefficient (Wildman–Crippen LogP) is 2.08. The average Bonchev–Trinajstić information content (AvgIpc) is 2.93. The first-order chi connectivity index (χ1) is 10.4. The van der Waals surface area contributed by atoms with Crippen LogP contribution in [0.15, 0.2) is 34.9 Å². The van der Waals surface area contributed by atoms with E-state index in [0.717, 1.165) is 12.1 Å². The fraction of sp³-hybridized carbons (Fsp3) is 0.200. The highest BCUT2D eigenvalue weighted by Crippen LogP contribution is 2.18. The van der Waals surface area contributed by atoms with Crippen molar-refractivity contribution in [2.45, 2.75) is 13.0 Å². The molecule has 7 heteroatoms. The first kappa shape index (κ1) is 15.7. The van der Waals surface area contributed by atoms with Crippen molar-refractivity contribution >= 4 is 11.8 Å². The Hall–Kier alpha value is -2.70. The molecule has 0 aliphatic rings. The van der Waals surface area contributed by atoms with Crippen LogP contribution >= 0.6 is 0 Å². The van der Waals surface area contributed by atoms with Gasteiger partial charge in [-0.05, 0) is 30.7 Å². The summed E-state index contributed by atoms with van der Waals surface area (Å²) in [5.74, 6) is -2.85. The number of aryl methyl sites for hydroxylation is 1. The molecule has 1 aromatic heterocycles. The SMILES string of the molecule is CNC(=O)C(NC(=O)c1ccoc1C)c1ccc(F)c(F)c1. The van der Waals surface area contributed by atoms with Gasteiger partial charge in [-0.15, -0.1) is 0 Å². The monoisotopic (exact) mass is 308 g/mol. The molecule has 0 spiro atoms. The van der Waals surface area contributed by atoms with Gasteiger partial charge < -0.3 is 15.1 Å². The fourth-order valence-electron chi connectivity index (χ4n) is 1.97. The zero-order valence-electron chi connectivity index (χ0n) is 11.9. The van der Waals surface area contributed by atoms with Gasteiger partial charge in [0, 0.05) is 7.05 Å². The number of nitrogens with one attached hydrogen (secondary N) is 2. The maximum Gasteiger partial charge on any atom is 0.255 e. The lowest BCUT2D eigenvalue weighted by atomic mass is 10.0. The van der Waals surface area contributed by atoms with Gasteiger partial charge in [0.2, 0.25) is 5.91 Å². The highest BCUT2D eigenvalue weighted by Gasteiger charge is 2.24. The summed E-state index contributed by atoms with van der Waals surface area (Å²) in [4.78, 5) is 24.1. The second-order valence-corrected chi connectivity index (χ2v) is 4.58. The van der Waals surface area contributed by atoms with Crippen LogP contribution < -0.4 is 10.6 Å². The maximum absolute atomic E-state index is 13.3. The minimum absolute atomic E-state index is 0.132. The van der Waals surface area contributed by atoms with Gasteiger partial charge in [0.1, 0.15) is 11.8 Å². The summed E-state index contributed by atoms with van der Waals surface area (Å²) in [6, 6.07) is 3.31. The summed E-state index contributed by atoms with van der Waals surface area (Å²) >= 11 is 0. The molecule has 1 heterocycles. The Balaban J connectivity index is 2.31. The Morgan fingerprint density at radius 2 is 1.91 bits per heavy atom. The molecular formula is C15H14F2N2O3. The number of rotatable bonds is 4. The number of amides is 2. The third kappa shape index (κ3) is 3.13. The van der Waals surface area contributed by atoms with Crippen LogP contribution in [0.4, 0.5) is 8.78 Å². The Labute approximate surface area is 125 Å². The summed E-state index contributed by atoms with van der Waals surface area (Å²) < 4.78 is 31.4. The minimum atomic E-state index is -1.15. The summed E-state index contributed by atoms with van der Waals surface area (Å²) in [5, 5.41) is 4.84. The Morgan fingerprint density at radius 1 is 1.18 bits per heavy atom. The second kappa shape index (κ2) is 6.38. The number of carbonyl (C=O) groups excluding carboxylic acids is 2. The van der Waals surface area contributed by atoms with Gasteiger partial charge in [0.15, 0.2) is 11.6 Å². The highest BCUT2D eigenvalue weighted by atomic mass is 19.2. The van der Waals surface area contributed by atoms with Crippen LogP contribution in [0.3, 0.4) is 0 Å². The van der Waals surface area contributed by atoms with E-state index in [1.54, 1.807) is 6.92 Å². The topological polar surface area (TPSA) is 71.3 Å². The zero-order valence-corrected chi connectivity index (χ0v) is 11.9. The Bertz CT molecular complexity index is 713. The van der Waals surface area contributed by atoms with Gasteiger partial charge in [-0.1, -0.05) is 6.07 Å². The van der Waals surface area contributed by atoms with Gasteiger partial charge >= 0.3 is 0 Å². The van der Waals surface area contributed by atoms with Crippen LogP contribution in [0.25, 0.3) is 0 Å². The van der Waals surface area contributed by atoms with E-state index in [2.05, 4.69) is 10.6 Å². The lowest BCUT2D eigenvalue weighted by Crippen LogP contribution is -2.39. The number of halogens is 2. The average molecular weight is 308 g/mol. The van der Waals surface area contributed by atoms with E-state index in [4.69, 9.17) is 4.42 Å². The van der Waals surface area contributed by atoms with E-state index >= 15 is 0 Å². The van der Waals surface area contributed by atoms with Crippen LogP contribution in [-0.4, -0.2) is 18.9 Å². The lowest BCUT2D eigenvalue weighted by Gasteiger charge is -2.17. The van der Waals surface area contributed by atoms with Crippen LogP contribution in [0, 0.1) is 18.6 Å². The Morgan fingerprint density at radius 3 is 2.45 bits per heavy atom. The van der Waals surface area contributed by atoms with Crippen molar-refractivity contribution in [3.8, 4) is 0 Å². The molecule has 2 amide bonds. The van der Waals surface area contributed by atoms with Crippen molar-refractivity contribution < 1.29 is 22.8 Å². The first-order valence-electron chi connectivity index (χ1n) is 6.45. The van der Waals surface area contributed by atoms with Gasteiger partial charge in [-0.3, -0.25) is 9.59 Å². The van der Waals surface area contributed by atoms with Crippen molar-refractivity contribution in [2.24, 2.45) is 0 Å². The molecule has 0 saturated heterocycles. The Kier molecular flexibility index (Phi) is 4.55. The van der Waals surface area contributed by atoms with E-state index in [9.17, 15) is 18.4 Å². The summed E-state index contributed by atoms with van der Waals surface area (Å²) in [6.07, 6.45) is 1.34. The van der Waals surface area contributed by atoms with Crippen LogP contribution in [0.2, 0.25) is 0 Å². The third-order valence-corrected chi connectivity index (χ3v) is 3.16. The van der Waals surface area contributed by atoms with E-state index in [0.29, 0.717) is 5.76 Å². The molecule has 116 valence electrons. The molecule has 0 aliphatic heterocycles. The largest absolute Gasteiger partial charge is 0.469 e. The molecule has 2 rings (SSSR count). The number of carbonyl (C=O) groups is 2. The molecule has 1 aromatic carbocycles. The third-order valence-electron chi connectivity index (χ3n) is 3.16. The zero-order chi connectivity index (χ0) is 16.3. The van der Waals surface area contributed by atoms with Crippen LogP contribution in [0.5, 0.6) is 0 Å². The first-order valence-corrected chi connectivity index (χ1v) is 6.45. The smallest absolute Gasteiger partial charge is 0.255 e. The summed E-state index contributed by atoms with van der Waals surface area (Å²) in [7, 11) is 1.38. The molecule has 22 heavy (non-hydrogen) atoms. The molecule has 1 unspecified atom stereocenters. The molecular weight excluding hydrogens is 294 g/mol. The van der Waals surface area contributed by atoms with Gasteiger partial charge in [-0.2, -0.15) is 0 Å².